The molecule has 1 atom stereocenters. The number of pyridine rings is 1. The van der Waals surface area contributed by atoms with Crippen LogP contribution in [0.1, 0.15) is 32.9 Å². The number of aromatic nitrogens is 1. The highest BCUT2D eigenvalue weighted by Gasteiger charge is 2.50. The third-order valence-corrected chi connectivity index (χ3v) is 10.9. The van der Waals surface area contributed by atoms with Gasteiger partial charge in [-0.3, -0.25) is 4.98 Å². The summed E-state index contributed by atoms with van der Waals surface area (Å²) in [7, 11) is -2.76. The molecule has 3 aromatic rings. The van der Waals surface area contributed by atoms with Gasteiger partial charge in [-0.1, -0.05) is 81.4 Å². The van der Waals surface area contributed by atoms with Crippen LogP contribution < -0.4 is 21.4 Å². The summed E-state index contributed by atoms with van der Waals surface area (Å²) in [6.45, 7) is 6.86. The summed E-state index contributed by atoms with van der Waals surface area (Å²) in [6.07, 6.45) is 1.72. The Bertz CT molecular complexity index is 1000. The summed E-state index contributed by atoms with van der Waals surface area (Å²) in [6, 6.07) is 23.8. The summed E-state index contributed by atoms with van der Waals surface area (Å²) in [5.74, 6) is 0. The van der Waals surface area contributed by atoms with Crippen LogP contribution in [0.25, 0.3) is 0 Å². The van der Waals surface area contributed by atoms with Gasteiger partial charge in [0.15, 0.2) is 0 Å². The highest BCUT2D eigenvalue weighted by molar-refractivity contribution is 6.99. The molecule has 0 unspecified atom stereocenters. The van der Waals surface area contributed by atoms with Gasteiger partial charge in [0.2, 0.25) is 0 Å². The Morgan fingerprint density at radius 2 is 1.61 bits per heavy atom. The molecule has 6 nitrogen and oxygen atoms in total. The third-order valence-electron chi connectivity index (χ3n) is 5.90. The Kier molecular flexibility index (Phi) is 7.89. The Hall–Kier alpha value is -3.16. The number of amides is 1. The number of aryl methyl sites for hydroxylation is 1. The van der Waals surface area contributed by atoms with Crippen molar-refractivity contribution in [3.8, 4) is 0 Å². The quantitative estimate of drug-likeness (QED) is 0.419. The van der Waals surface area contributed by atoms with Crippen molar-refractivity contribution in [2.45, 2.75) is 44.7 Å². The van der Waals surface area contributed by atoms with E-state index < -0.39 is 20.5 Å². The maximum Gasteiger partial charge on any atom is 0.404 e. The maximum absolute atomic E-state index is 11.6. The lowest BCUT2D eigenvalue weighted by molar-refractivity contribution is 0.177. The average molecular weight is 464 g/mol. The van der Waals surface area contributed by atoms with Gasteiger partial charge in [0, 0.05) is 6.20 Å². The predicted octanol–water partition coefficient (Wildman–Crippen LogP) is 3.81. The van der Waals surface area contributed by atoms with Crippen LogP contribution in [-0.2, 0) is 10.8 Å². The van der Waals surface area contributed by atoms with Gasteiger partial charge < -0.3 is 20.6 Å². The van der Waals surface area contributed by atoms with Crippen molar-refractivity contribution in [1.82, 2.24) is 10.3 Å². The van der Waals surface area contributed by atoms with Gasteiger partial charge in [-0.25, -0.2) is 4.79 Å². The van der Waals surface area contributed by atoms with E-state index in [0.717, 1.165) is 16.1 Å². The van der Waals surface area contributed by atoms with Crippen molar-refractivity contribution in [2.75, 3.05) is 12.3 Å². The zero-order valence-electron chi connectivity index (χ0n) is 19.5. The van der Waals surface area contributed by atoms with Gasteiger partial charge in [-0.2, -0.15) is 0 Å². The molecule has 0 aliphatic carbocycles. The van der Waals surface area contributed by atoms with Crippen LogP contribution in [-0.4, -0.2) is 37.1 Å². The van der Waals surface area contributed by atoms with Crippen LogP contribution in [0.2, 0.25) is 5.04 Å². The van der Waals surface area contributed by atoms with Gasteiger partial charge in [-0.15, -0.1) is 0 Å². The number of hydrogen-bond acceptors (Lipinski definition) is 4. The first-order chi connectivity index (χ1) is 15.7. The van der Waals surface area contributed by atoms with E-state index in [2.05, 4.69) is 55.3 Å². The summed E-state index contributed by atoms with van der Waals surface area (Å²) in [4.78, 5) is 15.9. The molecule has 0 aliphatic heterocycles. The Labute approximate surface area is 197 Å². The standard InChI is InChI=1S/C26H33N3O3Si/c1-26(2,3)33(21-11-6-4-7-12-21,22-13-8-5-9-14-22)32-19-20(29-25(30)31)16-17-24-23(27)15-10-18-28-24/h4-15,18,20,29H,16-17,19,27H2,1-3H3,(H,30,31)/t20-/m0/s1. The molecule has 1 amide bonds. The van der Waals surface area contributed by atoms with Crippen molar-refractivity contribution in [1.29, 1.82) is 0 Å². The van der Waals surface area contributed by atoms with Gasteiger partial charge in [0.05, 0.1) is 24.0 Å². The minimum absolute atomic E-state index is 0.186. The first-order valence-electron chi connectivity index (χ1n) is 11.2. The van der Waals surface area contributed by atoms with Crippen LogP contribution in [0, 0.1) is 0 Å². The normalized spacial score (nSPS) is 12.8. The summed E-state index contributed by atoms with van der Waals surface area (Å²) < 4.78 is 6.91. The number of anilines is 1. The number of nitrogens with one attached hydrogen (secondary N) is 1. The van der Waals surface area contributed by atoms with E-state index in [-0.39, 0.29) is 11.6 Å². The number of nitrogens with zero attached hydrogens (tertiary/aromatic N) is 1. The zero-order chi connectivity index (χ0) is 23.9. The van der Waals surface area contributed by atoms with Crippen LogP contribution >= 0.6 is 0 Å². The maximum atomic E-state index is 11.6. The second-order valence-corrected chi connectivity index (χ2v) is 13.5. The van der Waals surface area contributed by atoms with Crippen LogP contribution in [0.3, 0.4) is 0 Å². The molecule has 3 rings (SSSR count). The van der Waals surface area contributed by atoms with Crippen molar-refractivity contribution >= 4 is 30.5 Å². The van der Waals surface area contributed by atoms with E-state index in [9.17, 15) is 9.90 Å². The second-order valence-electron chi connectivity index (χ2n) is 9.20. The molecule has 0 aliphatic rings. The van der Waals surface area contributed by atoms with Gasteiger partial charge in [-0.05, 0) is 40.4 Å². The Morgan fingerprint density at radius 1 is 1.03 bits per heavy atom. The minimum Gasteiger partial charge on any atom is -0.465 e. The number of nitrogens with two attached hydrogens (primary N) is 1. The molecule has 0 bridgehead atoms. The molecule has 2 aromatic carbocycles. The van der Waals surface area contributed by atoms with Gasteiger partial charge in [0.25, 0.3) is 8.32 Å². The topological polar surface area (TPSA) is 97.5 Å². The Morgan fingerprint density at radius 3 is 2.09 bits per heavy atom. The van der Waals surface area contributed by atoms with Crippen LogP contribution in [0.4, 0.5) is 10.5 Å². The van der Waals surface area contributed by atoms with Crippen molar-refractivity contribution in [3.63, 3.8) is 0 Å². The van der Waals surface area contributed by atoms with Crippen molar-refractivity contribution in [2.24, 2.45) is 0 Å². The van der Waals surface area contributed by atoms with E-state index in [1.165, 1.54) is 0 Å². The Balaban J connectivity index is 1.93. The lowest BCUT2D eigenvalue weighted by Gasteiger charge is -2.43. The van der Waals surface area contributed by atoms with E-state index in [0.29, 0.717) is 18.5 Å². The molecular weight excluding hydrogens is 430 g/mol. The predicted molar refractivity (Wildman–Crippen MR) is 135 cm³/mol. The highest BCUT2D eigenvalue weighted by Crippen LogP contribution is 2.36. The lowest BCUT2D eigenvalue weighted by atomic mass is 10.1. The molecule has 4 N–H and O–H groups in total. The van der Waals surface area contributed by atoms with Crippen LogP contribution in [0.5, 0.6) is 0 Å². The fourth-order valence-electron chi connectivity index (χ4n) is 4.33. The number of hydrogen-bond donors (Lipinski definition) is 3. The fraction of sp³-hybridized carbons (Fsp3) is 0.308. The smallest absolute Gasteiger partial charge is 0.404 e. The first-order valence-corrected chi connectivity index (χ1v) is 13.1. The average Bonchev–Trinajstić information content (AvgIpc) is 2.79. The zero-order valence-corrected chi connectivity index (χ0v) is 20.5. The number of carboxylic acid groups (broad SMARTS) is 1. The van der Waals surface area contributed by atoms with Gasteiger partial charge in [0.1, 0.15) is 0 Å². The summed E-state index contributed by atoms with van der Waals surface area (Å²) >= 11 is 0. The molecular formula is C26H33N3O3Si. The summed E-state index contributed by atoms with van der Waals surface area (Å²) in [5.41, 5.74) is 7.41. The SMILES string of the molecule is CC(C)(C)[Si](OC[C@H](CCc1ncccc1N)NC(=O)O)(c1ccccc1)c1ccccc1. The monoisotopic (exact) mass is 463 g/mol. The number of carbonyl (C=O) groups is 1. The van der Waals surface area contributed by atoms with Crippen LogP contribution in [0.15, 0.2) is 79.0 Å². The fourth-order valence-corrected chi connectivity index (χ4v) is 8.94. The van der Waals surface area contributed by atoms with E-state index in [4.69, 9.17) is 10.2 Å². The molecule has 174 valence electrons. The van der Waals surface area contributed by atoms with Gasteiger partial charge >= 0.3 is 6.09 Å². The third kappa shape index (κ3) is 5.80. The first kappa shape index (κ1) is 24.5. The van der Waals surface area contributed by atoms with E-state index >= 15 is 0 Å². The lowest BCUT2D eigenvalue weighted by Crippen LogP contribution is -2.67. The van der Waals surface area contributed by atoms with Crippen molar-refractivity contribution in [3.05, 3.63) is 84.7 Å². The molecule has 0 saturated heterocycles. The molecule has 1 aromatic heterocycles. The molecule has 0 spiro atoms. The molecule has 0 radical (unpaired) electrons. The largest absolute Gasteiger partial charge is 0.465 e. The molecule has 7 heteroatoms. The van der Waals surface area contributed by atoms with Crippen molar-refractivity contribution < 1.29 is 14.3 Å². The summed E-state index contributed by atoms with van der Waals surface area (Å²) in [5, 5.41) is 14.2. The molecule has 33 heavy (non-hydrogen) atoms. The number of benzene rings is 2. The molecule has 0 saturated carbocycles. The molecule has 0 fully saturated rings. The molecule has 1 heterocycles. The van der Waals surface area contributed by atoms with E-state index in [1.54, 1.807) is 18.3 Å². The number of rotatable bonds is 9. The highest BCUT2D eigenvalue weighted by atomic mass is 28.4. The number of nitrogen functional groups attached to an aromatic ring is 1. The second kappa shape index (κ2) is 10.6. The van der Waals surface area contributed by atoms with E-state index in [1.807, 2.05) is 36.4 Å². The minimum atomic E-state index is -2.76.